The van der Waals surface area contributed by atoms with Gasteiger partial charge in [-0.1, -0.05) is 6.92 Å². The van der Waals surface area contributed by atoms with Crippen molar-refractivity contribution < 1.29 is 9.53 Å². The number of aldehydes is 1. The lowest BCUT2D eigenvalue weighted by Crippen LogP contribution is -1.95. The van der Waals surface area contributed by atoms with Gasteiger partial charge in [0.05, 0.1) is 6.42 Å². The molecule has 0 atom stereocenters. The first kappa shape index (κ1) is 8.63. The van der Waals surface area contributed by atoms with Gasteiger partial charge in [-0.25, -0.2) is 0 Å². The van der Waals surface area contributed by atoms with E-state index in [1.807, 2.05) is 0 Å². The molecule has 0 bridgehead atoms. The molecule has 0 radical (unpaired) electrons. The summed E-state index contributed by atoms with van der Waals surface area (Å²) in [5.74, 6) is 0. The molecule has 0 unspecified atom stereocenters. The van der Waals surface area contributed by atoms with Crippen molar-refractivity contribution in [2.24, 2.45) is 0 Å². The molecule has 0 saturated heterocycles. The quantitative estimate of drug-likeness (QED) is 0.304. The van der Waals surface area contributed by atoms with E-state index in [-0.39, 0.29) is 0 Å². The Hall–Kier alpha value is -0.370. The second-order valence-corrected chi connectivity index (χ2v) is 1.94. The highest BCUT2D eigenvalue weighted by atomic mass is 16.5. The van der Waals surface area contributed by atoms with Crippen molar-refractivity contribution in [2.45, 2.75) is 26.2 Å². The fourth-order valence-electron chi connectivity index (χ4n) is 0.523. The monoisotopic (exact) mass is 131 g/mol. The summed E-state index contributed by atoms with van der Waals surface area (Å²) in [6, 6.07) is 0. The normalized spacial score (nSPS) is 9.44. The molecule has 54 valence electrons. The van der Waals surface area contributed by atoms with Gasteiger partial charge in [0, 0.05) is 13.2 Å². The third-order valence-electron chi connectivity index (χ3n) is 0.970. The molecular weight excluding hydrogens is 116 g/mol. The fourth-order valence-corrected chi connectivity index (χ4v) is 0.523. The number of hydrogen-bond acceptors (Lipinski definition) is 1. The van der Waals surface area contributed by atoms with Crippen LogP contribution in [0.4, 0.5) is 0 Å². The highest BCUT2D eigenvalue weighted by molar-refractivity contribution is 5.50. The second kappa shape index (κ2) is 7.63. The predicted octanol–water partition coefficient (Wildman–Crippen LogP) is 1.37. The van der Waals surface area contributed by atoms with Crippen LogP contribution < -0.4 is 0 Å². The first-order valence-corrected chi connectivity index (χ1v) is 3.45. The lowest BCUT2D eigenvalue weighted by atomic mass is 10.3. The Balaban J connectivity index is 2.66. The van der Waals surface area contributed by atoms with Gasteiger partial charge >= 0.3 is 0 Å². The topological polar surface area (TPSA) is 30.6 Å². The van der Waals surface area contributed by atoms with Crippen LogP contribution in [0.5, 0.6) is 0 Å². The average Bonchev–Trinajstić information content (AvgIpc) is 1.89. The molecule has 0 aliphatic rings. The van der Waals surface area contributed by atoms with Crippen molar-refractivity contribution in [1.29, 1.82) is 0 Å². The highest BCUT2D eigenvalue weighted by Crippen LogP contribution is 1.87. The molecule has 1 N–H and O–H groups in total. The number of ether oxygens (including phenoxy) is 1. The van der Waals surface area contributed by atoms with E-state index in [4.69, 9.17) is 9.53 Å². The molecule has 0 heterocycles. The van der Waals surface area contributed by atoms with E-state index < -0.39 is 0 Å². The SMILES string of the molecule is CCCOCCCC=[OH+]. The van der Waals surface area contributed by atoms with Gasteiger partial charge in [0.2, 0.25) is 0 Å². The second-order valence-electron chi connectivity index (χ2n) is 1.94. The molecule has 0 amide bonds. The van der Waals surface area contributed by atoms with E-state index in [0.29, 0.717) is 0 Å². The van der Waals surface area contributed by atoms with Crippen LogP contribution >= 0.6 is 0 Å². The maximum absolute atomic E-state index is 8.24. The van der Waals surface area contributed by atoms with Crippen LogP contribution in [0.15, 0.2) is 0 Å². The van der Waals surface area contributed by atoms with Crippen molar-refractivity contribution >= 4 is 6.29 Å². The Bertz CT molecular complexity index is 61.9. The molecule has 0 aromatic carbocycles. The van der Waals surface area contributed by atoms with E-state index in [2.05, 4.69) is 6.92 Å². The molecule has 0 aromatic rings. The minimum atomic E-state index is 0.740. The summed E-state index contributed by atoms with van der Waals surface area (Å²) < 4.78 is 5.15. The van der Waals surface area contributed by atoms with Crippen LogP contribution in [0.3, 0.4) is 0 Å². The zero-order chi connectivity index (χ0) is 6.95. The van der Waals surface area contributed by atoms with Crippen LogP contribution in [0.25, 0.3) is 0 Å². The Morgan fingerprint density at radius 3 is 2.78 bits per heavy atom. The average molecular weight is 131 g/mol. The van der Waals surface area contributed by atoms with Crippen LogP contribution in [0.2, 0.25) is 0 Å². The van der Waals surface area contributed by atoms with Crippen LogP contribution in [0, 0.1) is 0 Å². The molecule has 0 aliphatic heterocycles. The van der Waals surface area contributed by atoms with Gasteiger partial charge in [-0.15, -0.1) is 0 Å². The van der Waals surface area contributed by atoms with E-state index in [0.717, 1.165) is 32.5 Å². The molecule has 0 saturated carbocycles. The van der Waals surface area contributed by atoms with Gasteiger partial charge in [-0.05, 0) is 12.8 Å². The summed E-state index contributed by atoms with van der Waals surface area (Å²) in [5, 5.41) is 0. The summed E-state index contributed by atoms with van der Waals surface area (Å²) >= 11 is 0. The number of rotatable bonds is 6. The maximum atomic E-state index is 8.24. The molecule has 9 heavy (non-hydrogen) atoms. The predicted molar refractivity (Wildman–Crippen MR) is 38.3 cm³/mol. The zero-order valence-corrected chi connectivity index (χ0v) is 5.97. The van der Waals surface area contributed by atoms with Crippen molar-refractivity contribution in [2.75, 3.05) is 13.2 Å². The molecule has 0 spiro atoms. The van der Waals surface area contributed by atoms with E-state index in [1.165, 1.54) is 6.29 Å². The standard InChI is InChI=1S/C7H14O2/c1-2-6-9-7-4-3-5-8/h5H,2-4,6-7H2,1H3/p+1. The summed E-state index contributed by atoms with van der Waals surface area (Å²) in [5.41, 5.74) is 0. The Labute approximate surface area is 56.2 Å². The molecule has 0 rings (SSSR count). The van der Waals surface area contributed by atoms with E-state index in [1.54, 1.807) is 0 Å². The number of unbranched alkanes of at least 4 members (excludes halogenated alkanes) is 1. The van der Waals surface area contributed by atoms with E-state index >= 15 is 0 Å². The molecule has 2 heteroatoms. The first-order chi connectivity index (χ1) is 4.41. The minimum absolute atomic E-state index is 0.740. The van der Waals surface area contributed by atoms with Crippen molar-refractivity contribution in [1.82, 2.24) is 0 Å². The summed E-state index contributed by atoms with van der Waals surface area (Å²) in [6.07, 6.45) is 3.92. The molecule has 2 nitrogen and oxygen atoms in total. The van der Waals surface area contributed by atoms with Gasteiger partial charge < -0.3 is 4.74 Å². The Morgan fingerprint density at radius 2 is 2.22 bits per heavy atom. The summed E-state index contributed by atoms with van der Waals surface area (Å²) in [7, 11) is 0. The van der Waals surface area contributed by atoms with Gasteiger partial charge in [-0.3, -0.25) is 4.79 Å². The van der Waals surface area contributed by atoms with Crippen molar-refractivity contribution in [3.63, 3.8) is 0 Å². The summed E-state index contributed by atoms with van der Waals surface area (Å²) in [6.45, 7) is 3.69. The molecule has 0 aromatic heterocycles. The first-order valence-electron chi connectivity index (χ1n) is 3.45. The number of carbonyl (C=O) groups excluding carboxylic acids is 1. The van der Waals surface area contributed by atoms with E-state index in [9.17, 15) is 0 Å². The minimum Gasteiger partial charge on any atom is -0.381 e. The number of hydrogen-bond donors (Lipinski definition) is 0. The van der Waals surface area contributed by atoms with Crippen LogP contribution in [-0.4, -0.2) is 24.3 Å². The van der Waals surface area contributed by atoms with Crippen LogP contribution in [0.1, 0.15) is 26.2 Å². The Morgan fingerprint density at radius 1 is 1.44 bits per heavy atom. The summed E-state index contributed by atoms with van der Waals surface area (Å²) in [4.78, 5) is 8.24. The smallest absolute Gasteiger partial charge is 0.281 e. The third-order valence-corrected chi connectivity index (χ3v) is 0.970. The molecule has 0 fully saturated rings. The maximum Gasteiger partial charge on any atom is 0.281 e. The molecule has 0 aliphatic carbocycles. The van der Waals surface area contributed by atoms with Crippen molar-refractivity contribution in [3.8, 4) is 0 Å². The lowest BCUT2D eigenvalue weighted by molar-refractivity contribution is 0.133. The van der Waals surface area contributed by atoms with Gasteiger partial charge in [0.25, 0.3) is 6.29 Å². The highest BCUT2D eigenvalue weighted by Gasteiger charge is 1.87. The third kappa shape index (κ3) is 7.63. The fraction of sp³-hybridized carbons (Fsp3) is 0.857. The largest absolute Gasteiger partial charge is 0.381 e. The van der Waals surface area contributed by atoms with Crippen molar-refractivity contribution in [3.05, 3.63) is 0 Å². The molecular formula is C7H15O2+. The van der Waals surface area contributed by atoms with Gasteiger partial charge in [0.1, 0.15) is 0 Å². The van der Waals surface area contributed by atoms with Gasteiger partial charge in [-0.2, -0.15) is 0 Å². The van der Waals surface area contributed by atoms with Crippen LogP contribution in [-0.2, 0) is 4.74 Å². The zero-order valence-electron chi connectivity index (χ0n) is 5.97. The Kier molecular flexibility index (Phi) is 7.32. The van der Waals surface area contributed by atoms with Gasteiger partial charge in [0.15, 0.2) is 0 Å². The lowest BCUT2D eigenvalue weighted by Gasteiger charge is -1.96.